The summed E-state index contributed by atoms with van der Waals surface area (Å²) in [5.41, 5.74) is 11.9. The fraction of sp³-hybridized carbons (Fsp3) is 0.192. The first-order chi connectivity index (χ1) is 15.2. The second-order valence-electron chi connectivity index (χ2n) is 7.85. The predicted molar refractivity (Wildman–Crippen MR) is 126 cm³/mol. The molecule has 33 heavy (non-hydrogen) atoms. The molecule has 0 amide bonds. The van der Waals surface area contributed by atoms with Crippen molar-refractivity contribution in [3.05, 3.63) is 69.3 Å². The summed E-state index contributed by atoms with van der Waals surface area (Å²) < 4.78 is 0. The number of carboxylic acid groups (broad SMARTS) is 1. The van der Waals surface area contributed by atoms with E-state index in [1.165, 1.54) is 0 Å². The summed E-state index contributed by atoms with van der Waals surface area (Å²) >= 11 is 0. The molecule has 0 saturated carbocycles. The zero-order valence-corrected chi connectivity index (χ0v) is 20.3. The van der Waals surface area contributed by atoms with Crippen LogP contribution in [0.1, 0.15) is 52.0 Å². The average molecular weight is 478 g/mol. The number of aryl methyl sites for hydroxylation is 3. The summed E-state index contributed by atoms with van der Waals surface area (Å²) in [6, 6.07) is 8.23. The quantitative estimate of drug-likeness (QED) is 0.314. The molecular weight excluding hydrogens is 455 g/mol. The molecule has 7 heteroatoms. The van der Waals surface area contributed by atoms with E-state index in [9.17, 15) is 0 Å². The van der Waals surface area contributed by atoms with E-state index in [-0.39, 0.29) is 17.1 Å². The summed E-state index contributed by atoms with van der Waals surface area (Å²) in [4.78, 5) is 28.2. The first-order valence-corrected chi connectivity index (χ1v) is 10.3. The summed E-state index contributed by atoms with van der Waals surface area (Å²) in [5.74, 6) is -1.08. The smallest absolute Gasteiger partial charge is 0.657 e. The van der Waals surface area contributed by atoms with Gasteiger partial charge in [0, 0.05) is 11.5 Å². The number of hydrogen-bond donors (Lipinski definition) is 0. The molecule has 0 unspecified atom stereocenters. The third kappa shape index (κ3) is 4.85. The number of fused-ring (bicyclic) bond motifs is 8. The van der Waals surface area contributed by atoms with E-state index in [1.807, 2.05) is 0 Å². The number of rotatable bonds is 0. The summed E-state index contributed by atoms with van der Waals surface area (Å²) in [7, 11) is 0. The molecule has 8 bridgehead atoms. The second kappa shape index (κ2) is 9.61. The van der Waals surface area contributed by atoms with E-state index >= 15 is 0 Å². The van der Waals surface area contributed by atoms with Gasteiger partial charge in [-0.3, -0.25) is 0 Å². The number of aliphatic carboxylic acids is 1. The summed E-state index contributed by atoms with van der Waals surface area (Å²) in [6.45, 7) is 9.26. The van der Waals surface area contributed by atoms with Gasteiger partial charge < -0.3 is 19.9 Å². The number of nitrogens with zero attached hydrogens (tertiary/aromatic N) is 4. The van der Waals surface area contributed by atoms with Crippen LogP contribution in [0.2, 0.25) is 0 Å². The summed E-state index contributed by atoms with van der Waals surface area (Å²) in [6.07, 6.45) is 8.23. The van der Waals surface area contributed by atoms with Gasteiger partial charge in [0.05, 0.1) is 22.8 Å². The number of carbonyl (C=O) groups is 1. The SMILES string of the molecule is CC(=O)[O-].Cc1c2nc(c(C)c3ccc([n-]3)c(C)c3ccc([n-]3)c(C)c3nc1C=C3)C=C2.[Mn+3]. The maximum absolute atomic E-state index is 8.89. The van der Waals surface area contributed by atoms with E-state index in [0.29, 0.717) is 0 Å². The van der Waals surface area contributed by atoms with Gasteiger partial charge in [-0.1, -0.05) is 29.8 Å². The van der Waals surface area contributed by atoms with Crippen molar-refractivity contribution in [1.29, 1.82) is 0 Å². The van der Waals surface area contributed by atoms with Crippen LogP contribution < -0.4 is 15.1 Å². The third-order valence-corrected chi connectivity index (χ3v) is 5.63. The Hall–Kier alpha value is -3.41. The topological polar surface area (TPSA) is 94.1 Å². The number of hydrogen-bond acceptors (Lipinski definition) is 4. The molecule has 0 N–H and O–H groups in total. The van der Waals surface area contributed by atoms with Gasteiger partial charge in [0.25, 0.3) is 0 Å². The Morgan fingerprint density at radius 2 is 0.909 bits per heavy atom. The number of carbonyl (C=O) groups excluding carboxylic acids is 1. The van der Waals surface area contributed by atoms with Gasteiger partial charge in [0.2, 0.25) is 0 Å². The van der Waals surface area contributed by atoms with Crippen molar-refractivity contribution < 1.29 is 27.0 Å². The van der Waals surface area contributed by atoms with E-state index in [1.54, 1.807) is 0 Å². The maximum atomic E-state index is 8.89. The van der Waals surface area contributed by atoms with Crippen molar-refractivity contribution in [3.63, 3.8) is 0 Å². The Morgan fingerprint density at radius 1 is 0.636 bits per heavy atom. The molecule has 0 atom stereocenters. The minimum absolute atomic E-state index is 0. The molecule has 0 radical (unpaired) electrons. The van der Waals surface area contributed by atoms with Gasteiger partial charge in [0.15, 0.2) is 0 Å². The normalized spacial score (nSPS) is 11.5. The Morgan fingerprint density at radius 3 is 1.24 bits per heavy atom. The fourth-order valence-corrected chi connectivity index (χ4v) is 3.64. The molecule has 0 saturated heterocycles. The van der Waals surface area contributed by atoms with Gasteiger partial charge in [-0.15, -0.1) is 22.1 Å². The molecule has 0 aromatic carbocycles. The zero-order valence-electron chi connectivity index (χ0n) is 19.1. The first kappa shape index (κ1) is 24.2. The molecule has 3 aromatic rings. The Bertz CT molecular complexity index is 1350. The van der Waals surface area contributed by atoms with Crippen molar-refractivity contribution in [2.75, 3.05) is 0 Å². The van der Waals surface area contributed by atoms with Crippen molar-refractivity contribution in [2.45, 2.75) is 34.6 Å². The van der Waals surface area contributed by atoms with Gasteiger partial charge in [-0.2, -0.15) is 0 Å². The van der Waals surface area contributed by atoms with Crippen LogP contribution >= 0.6 is 0 Å². The Balaban J connectivity index is 0.000000569. The molecule has 5 rings (SSSR count). The fourth-order valence-electron chi connectivity index (χ4n) is 3.64. The molecule has 5 heterocycles. The van der Waals surface area contributed by atoms with Crippen LogP contribution in [-0.2, 0) is 21.9 Å². The van der Waals surface area contributed by atoms with Gasteiger partial charge >= 0.3 is 17.1 Å². The van der Waals surface area contributed by atoms with Crippen molar-refractivity contribution >= 4 is 52.3 Å². The van der Waals surface area contributed by atoms with E-state index < -0.39 is 5.97 Å². The standard InChI is InChI=1S/C24H20N4.C2H4O2.Mn/c1-13-17-5-7-19(25-17)14(2)21-9-11-23(27-21)16(4)24-12-10-22(28-24)15(3)20-8-6-18(13)26-20;1-2(3)4;/h5-12H,1-4H3;1H3,(H,3,4);/q-2;;+3/p-1. The predicted octanol–water partition coefficient (Wildman–Crippen LogP) is 3.90. The molecule has 2 aliphatic rings. The van der Waals surface area contributed by atoms with Crippen LogP contribution in [0.5, 0.6) is 0 Å². The zero-order chi connectivity index (χ0) is 23.0. The van der Waals surface area contributed by atoms with E-state index in [0.717, 1.165) is 74.0 Å². The molecule has 0 aliphatic carbocycles. The minimum Gasteiger partial charge on any atom is -0.657 e. The van der Waals surface area contributed by atoms with Gasteiger partial charge in [0.1, 0.15) is 0 Å². The third-order valence-electron chi connectivity index (χ3n) is 5.63. The average Bonchev–Trinajstić information content (AvgIpc) is 3.56. The van der Waals surface area contributed by atoms with Crippen LogP contribution in [0, 0.1) is 27.7 Å². The molecule has 2 aliphatic heterocycles. The van der Waals surface area contributed by atoms with Crippen LogP contribution in [-0.4, -0.2) is 15.9 Å². The molecule has 0 fully saturated rings. The van der Waals surface area contributed by atoms with Crippen molar-refractivity contribution in [2.24, 2.45) is 0 Å². The van der Waals surface area contributed by atoms with Crippen molar-refractivity contribution in [1.82, 2.24) is 19.9 Å². The minimum atomic E-state index is -1.08. The number of carboxylic acids is 1. The van der Waals surface area contributed by atoms with Crippen molar-refractivity contribution in [3.8, 4) is 0 Å². The van der Waals surface area contributed by atoms with Crippen LogP contribution in [0.3, 0.4) is 0 Å². The molecule has 166 valence electrons. The van der Waals surface area contributed by atoms with E-state index in [2.05, 4.69) is 76.3 Å². The second-order valence-corrected chi connectivity index (χ2v) is 7.85. The summed E-state index contributed by atoms with van der Waals surface area (Å²) in [5, 5.41) is 8.89. The Labute approximate surface area is 203 Å². The monoisotopic (exact) mass is 478 g/mol. The molecule has 0 spiro atoms. The van der Waals surface area contributed by atoms with Crippen LogP contribution in [0.15, 0.2) is 24.3 Å². The van der Waals surface area contributed by atoms with Gasteiger partial charge in [-0.05, 0) is 70.0 Å². The first-order valence-electron chi connectivity index (χ1n) is 10.3. The Kier molecular flexibility index (Phi) is 7.06. The van der Waals surface area contributed by atoms with Crippen LogP contribution in [0.4, 0.5) is 0 Å². The molecule has 6 nitrogen and oxygen atoms in total. The molecule has 3 aromatic heterocycles. The van der Waals surface area contributed by atoms with Crippen LogP contribution in [0.25, 0.3) is 46.4 Å². The maximum Gasteiger partial charge on any atom is 3.00 e. The van der Waals surface area contributed by atoms with Gasteiger partial charge in [-0.25, -0.2) is 9.97 Å². The van der Waals surface area contributed by atoms with E-state index in [4.69, 9.17) is 29.8 Å². The number of aromatic nitrogens is 4. The molecular formula is C26H23MnN4O2. The largest absolute Gasteiger partial charge is 3.00 e.